The third-order valence-electron chi connectivity index (χ3n) is 1.92. The summed E-state index contributed by atoms with van der Waals surface area (Å²) in [5.41, 5.74) is 0.512. The van der Waals surface area contributed by atoms with Crippen molar-refractivity contribution in [2.75, 3.05) is 0 Å². The van der Waals surface area contributed by atoms with E-state index in [2.05, 4.69) is 0 Å². The fourth-order valence-corrected chi connectivity index (χ4v) is 1.29. The second-order valence-corrected chi connectivity index (χ2v) is 2.82. The number of fused-ring (bicyclic) bond motifs is 1. The minimum Gasteiger partial charge on any atom is -0.595 e. The number of benzene rings is 1. The standard InChI is InChI=1S/C9H8N2O2/c1-7(12)10-6-8-4-2-3-5-9(8)11(10)13/h2-6H,1H3. The molecule has 4 heteroatoms. The molecule has 0 saturated carbocycles. The predicted molar refractivity (Wildman–Crippen MR) is 47.2 cm³/mol. The van der Waals surface area contributed by atoms with Gasteiger partial charge in [0.15, 0.2) is 0 Å². The van der Waals surface area contributed by atoms with Gasteiger partial charge in [0, 0.05) is 13.0 Å². The van der Waals surface area contributed by atoms with E-state index in [-0.39, 0.29) is 5.91 Å². The lowest BCUT2D eigenvalue weighted by Crippen LogP contribution is -2.39. The maximum absolute atomic E-state index is 11.4. The molecule has 0 saturated heterocycles. The van der Waals surface area contributed by atoms with Gasteiger partial charge >= 0.3 is 0 Å². The van der Waals surface area contributed by atoms with E-state index in [0.29, 0.717) is 10.4 Å². The van der Waals surface area contributed by atoms with Crippen molar-refractivity contribution in [3.8, 4) is 0 Å². The van der Waals surface area contributed by atoms with Gasteiger partial charge in [0.05, 0.1) is 11.6 Å². The van der Waals surface area contributed by atoms with Crippen molar-refractivity contribution < 1.29 is 9.64 Å². The van der Waals surface area contributed by atoms with Crippen LogP contribution < -0.4 is 4.85 Å². The van der Waals surface area contributed by atoms with Crippen molar-refractivity contribution in [1.82, 2.24) is 4.68 Å². The fraction of sp³-hybridized carbons (Fsp3) is 0.111. The molecule has 66 valence electrons. The first-order valence-electron chi connectivity index (χ1n) is 3.91. The Morgan fingerprint density at radius 3 is 2.77 bits per heavy atom. The molecule has 0 unspecified atom stereocenters. The number of para-hydroxylation sites is 1. The zero-order valence-electron chi connectivity index (χ0n) is 7.10. The maximum atomic E-state index is 11.4. The first-order valence-corrected chi connectivity index (χ1v) is 3.91. The molecule has 1 aromatic heterocycles. The van der Waals surface area contributed by atoms with E-state index in [1.54, 1.807) is 18.2 Å². The summed E-state index contributed by atoms with van der Waals surface area (Å²) in [6, 6.07) is 7.07. The molecule has 0 bridgehead atoms. The topological polar surface area (TPSA) is 48.9 Å². The number of hydrogen-bond donors (Lipinski definition) is 0. The van der Waals surface area contributed by atoms with Crippen LogP contribution in [0.3, 0.4) is 0 Å². The molecule has 0 aliphatic heterocycles. The molecule has 0 fully saturated rings. The zero-order chi connectivity index (χ0) is 9.42. The van der Waals surface area contributed by atoms with Gasteiger partial charge in [-0.15, -0.1) is 0 Å². The van der Waals surface area contributed by atoms with Gasteiger partial charge in [0.1, 0.15) is 0 Å². The molecule has 1 aromatic carbocycles. The van der Waals surface area contributed by atoms with E-state index in [1.165, 1.54) is 13.1 Å². The largest absolute Gasteiger partial charge is 0.595 e. The van der Waals surface area contributed by atoms with Gasteiger partial charge in [0.25, 0.3) is 11.4 Å². The number of carbonyl (C=O) groups is 1. The molecule has 4 nitrogen and oxygen atoms in total. The van der Waals surface area contributed by atoms with Crippen molar-refractivity contribution in [3.05, 3.63) is 35.7 Å². The van der Waals surface area contributed by atoms with Crippen LogP contribution in [0.4, 0.5) is 0 Å². The summed E-state index contributed by atoms with van der Waals surface area (Å²) in [4.78, 5) is 11.6. The van der Waals surface area contributed by atoms with Crippen molar-refractivity contribution >= 4 is 16.8 Å². The molecule has 1 heterocycles. The van der Waals surface area contributed by atoms with E-state index >= 15 is 0 Å². The fourth-order valence-electron chi connectivity index (χ4n) is 1.29. The Hall–Kier alpha value is -1.84. The zero-order valence-corrected chi connectivity index (χ0v) is 7.10. The Kier molecular flexibility index (Phi) is 1.55. The monoisotopic (exact) mass is 176 g/mol. The maximum Gasteiger partial charge on any atom is 0.281 e. The number of rotatable bonds is 0. The molecule has 0 atom stereocenters. The quantitative estimate of drug-likeness (QED) is 0.443. The van der Waals surface area contributed by atoms with Crippen LogP contribution in [-0.2, 0) is 0 Å². The highest BCUT2D eigenvalue weighted by molar-refractivity contribution is 5.81. The Bertz CT molecular complexity index is 473. The summed E-state index contributed by atoms with van der Waals surface area (Å²) in [6.07, 6.45) is 1.53. The molecule has 0 N–H and O–H groups in total. The van der Waals surface area contributed by atoms with Crippen LogP contribution in [0.15, 0.2) is 30.5 Å². The second-order valence-electron chi connectivity index (χ2n) is 2.82. The average molecular weight is 176 g/mol. The van der Waals surface area contributed by atoms with Crippen molar-refractivity contribution in [3.63, 3.8) is 0 Å². The summed E-state index contributed by atoms with van der Waals surface area (Å²) in [6.45, 7) is 1.35. The van der Waals surface area contributed by atoms with Crippen LogP contribution in [-0.4, -0.2) is 10.6 Å². The van der Waals surface area contributed by atoms with Gasteiger partial charge in [-0.05, 0) is 6.07 Å². The van der Waals surface area contributed by atoms with E-state index in [0.717, 1.165) is 10.1 Å². The Morgan fingerprint density at radius 1 is 1.46 bits per heavy atom. The predicted octanol–water partition coefficient (Wildman–Crippen LogP) is 0.935. The van der Waals surface area contributed by atoms with Crippen molar-refractivity contribution in [2.24, 2.45) is 0 Å². The van der Waals surface area contributed by atoms with Crippen molar-refractivity contribution in [1.29, 1.82) is 0 Å². The summed E-state index contributed by atoms with van der Waals surface area (Å²) < 4.78 is 1.05. The summed E-state index contributed by atoms with van der Waals surface area (Å²) >= 11 is 0. The van der Waals surface area contributed by atoms with Gasteiger partial charge in [-0.25, -0.2) is 0 Å². The molecule has 0 spiro atoms. The average Bonchev–Trinajstić information content (AvgIpc) is 2.45. The van der Waals surface area contributed by atoms with Crippen LogP contribution in [0.5, 0.6) is 0 Å². The van der Waals surface area contributed by atoms with Gasteiger partial charge < -0.3 is 5.21 Å². The van der Waals surface area contributed by atoms with Crippen LogP contribution in [0.25, 0.3) is 10.9 Å². The SMILES string of the molecule is CC(=O)n1cc2ccccc2[n+]1[O-]. The third kappa shape index (κ3) is 1.07. The lowest BCUT2D eigenvalue weighted by atomic mass is 10.3. The van der Waals surface area contributed by atoms with E-state index < -0.39 is 0 Å². The minimum absolute atomic E-state index is 0.286. The lowest BCUT2D eigenvalue weighted by molar-refractivity contribution is -0.656. The highest BCUT2D eigenvalue weighted by Gasteiger charge is 2.13. The molecule has 2 rings (SSSR count). The highest BCUT2D eigenvalue weighted by atomic mass is 16.5. The summed E-state index contributed by atoms with van der Waals surface area (Å²) in [5.74, 6) is -0.286. The molecule has 0 aliphatic rings. The number of aromatic nitrogens is 2. The first-order chi connectivity index (χ1) is 6.20. The number of carbonyl (C=O) groups excluding carboxylic acids is 1. The molecular weight excluding hydrogens is 168 g/mol. The van der Waals surface area contributed by atoms with Gasteiger partial charge in [-0.1, -0.05) is 21.7 Å². The van der Waals surface area contributed by atoms with Gasteiger partial charge in [-0.2, -0.15) is 0 Å². The molecule has 2 aromatic rings. The van der Waals surface area contributed by atoms with E-state index in [1.807, 2.05) is 6.07 Å². The number of hydrogen-bond acceptors (Lipinski definition) is 2. The highest BCUT2D eigenvalue weighted by Crippen LogP contribution is 2.08. The molecule has 0 amide bonds. The molecular formula is C9H8N2O2. The first kappa shape index (κ1) is 7.79. The smallest absolute Gasteiger partial charge is 0.281 e. The van der Waals surface area contributed by atoms with Crippen LogP contribution in [0, 0.1) is 5.21 Å². The number of nitrogens with zero attached hydrogens (tertiary/aromatic N) is 2. The van der Waals surface area contributed by atoms with Crippen LogP contribution >= 0.6 is 0 Å². The van der Waals surface area contributed by atoms with Crippen molar-refractivity contribution in [2.45, 2.75) is 6.92 Å². The molecule has 13 heavy (non-hydrogen) atoms. The Labute approximate surface area is 74.6 Å². The summed E-state index contributed by atoms with van der Waals surface area (Å²) in [5, 5.41) is 12.2. The van der Waals surface area contributed by atoms with Gasteiger partial charge in [0.2, 0.25) is 0 Å². The Balaban J connectivity index is 2.81. The van der Waals surface area contributed by atoms with Crippen LogP contribution in [0.1, 0.15) is 11.7 Å². The van der Waals surface area contributed by atoms with E-state index in [4.69, 9.17) is 0 Å². The normalized spacial score (nSPS) is 10.5. The lowest BCUT2D eigenvalue weighted by Gasteiger charge is -1.96. The van der Waals surface area contributed by atoms with Crippen LogP contribution in [0.2, 0.25) is 0 Å². The second kappa shape index (κ2) is 2.58. The third-order valence-corrected chi connectivity index (χ3v) is 1.92. The van der Waals surface area contributed by atoms with Gasteiger partial charge in [-0.3, -0.25) is 4.79 Å². The summed E-state index contributed by atoms with van der Waals surface area (Å²) in [7, 11) is 0. The molecule has 0 radical (unpaired) electrons. The Morgan fingerprint density at radius 2 is 2.15 bits per heavy atom. The molecule has 0 aliphatic carbocycles. The minimum atomic E-state index is -0.286. The van der Waals surface area contributed by atoms with E-state index in [9.17, 15) is 10.0 Å².